The predicted molar refractivity (Wildman–Crippen MR) is 91.3 cm³/mol. The normalized spacial score (nSPS) is 18.3. The van der Waals surface area contributed by atoms with Crippen molar-refractivity contribution in [3.05, 3.63) is 76.4 Å². The van der Waals surface area contributed by atoms with Crippen LogP contribution in [0.1, 0.15) is 22.6 Å². The van der Waals surface area contributed by atoms with E-state index in [1.54, 1.807) is 42.4 Å². The van der Waals surface area contributed by atoms with Crippen LogP contribution in [0.3, 0.4) is 0 Å². The first-order valence-corrected chi connectivity index (χ1v) is 8.03. The molecule has 2 aromatic rings. The van der Waals surface area contributed by atoms with Gasteiger partial charge in [-0.05, 0) is 29.3 Å². The Balaban J connectivity index is 2.03. The molecule has 0 N–H and O–H groups in total. The van der Waals surface area contributed by atoms with Crippen molar-refractivity contribution in [1.29, 1.82) is 0 Å². The molecule has 0 aromatic heterocycles. The number of benzene rings is 2. The first kappa shape index (κ1) is 17.5. The number of ketones is 1. The van der Waals surface area contributed by atoms with Crippen LogP contribution >= 0.6 is 11.6 Å². The number of hydrogen-bond acceptors (Lipinski definition) is 2. The predicted octanol–water partition coefficient (Wildman–Crippen LogP) is 5.00. The quantitative estimate of drug-likeness (QED) is 0.746. The molecule has 25 heavy (non-hydrogen) atoms. The van der Waals surface area contributed by atoms with Gasteiger partial charge in [0.1, 0.15) is 0 Å². The number of Topliss-reactive ketones (excluding diaryl/α,β-unsaturated/α-hetero) is 1. The molecule has 1 aliphatic rings. The Kier molecular flexibility index (Phi) is 4.60. The summed E-state index contributed by atoms with van der Waals surface area (Å²) in [7, 11) is 1.78. The van der Waals surface area contributed by atoms with Crippen LogP contribution in [0.4, 0.5) is 13.2 Å². The third-order valence-electron chi connectivity index (χ3n) is 4.18. The van der Waals surface area contributed by atoms with E-state index in [9.17, 15) is 18.0 Å². The average Bonchev–Trinajstić information content (AvgIpc) is 2.57. The van der Waals surface area contributed by atoms with Gasteiger partial charge in [-0.2, -0.15) is 13.2 Å². The van der Waals surface area contributed by atoms with E-state index >= 15 is 0 Å². The standard InChI is InChI=1S/C19H15ClF3NO/c1-24-10-15(12-5-4-6-13(9-12)19(21,22)23)18(25)16(11-24)14-7-2-3-8-17(14)20/h2-10,16H,11H2,1H3. The van der Waals surface area contributed by atoms with Crippen LogP contribution in [-0.4, -0.2) is 24.3 Å². The third-order valence-corrected chi connectivity index (χ3v) is 4.53. The first-order valence-electron chi connectivity index (χ1n) is 7.65. The number of hydrogen-bond donors (Lipinski definition) is 0. The summed E-state index contributed by atoms with van der Waals surface area (Å²) >= 11 is 6.21. The Morgan fingerprint density at radius 2 is 1.84 bits per heavy atom. The summed E-state index contributed by atoms with van der Waals surface area (Å²) in [4.78, 5) is 14.7. The largest absolute Gasteiger partial charge is 0.416 e. The van der Waals surface area contributed by atoms with E-state index < -0.39 is 17.7 Å². The molecule has 1 unspecified atom stereocenters. The lowest BCUT2D eigenvalue weighted by molar-refractivity contribution is -0.137. The summed E-state index contributed by atoms with van der Waals surface area (Å²) in [5.74, 6) is -0.751. The Morgan fingerprint density at radius 3 is 2.52 bits per heavy atom. The Hall–Kier alpha value is -2.27. The van der Waals surface area contributed by atoms with Crippen molar-refractivity contribution in [1.82, 2.24) is 4.90 Å². The number of alkyl halides is 3. The van der Waals surface area contributed by atoms with Crippen molar-refractivity contribution < 1.29 is 18.0 Å². The molecule has 6 heteroatoms. The van der Waals surface area contributed by atoms with Crippen LogP contribution < -0.4 is 0 Å². The van der Waals surface area contributed by atoms with Crippen LogP contribution in [0.2, 0.25) is 5.02 Å². The van der Waals surface area contributed by atoms with Gasteiger partial charge in [0.05, 0.1) is 11.5 Å². The summed E-state index contributed by atoms with van der Waals surface area (Å²) in [6.07, 6.45) is -2.87. The summed E-state index contributed by atoms with van der Waals surface area (Å²) in [6.45, 7) is 0.422. The van der Waals surface area contributed by atoms with Gasteiger partial charge in [0.2, 0.25) is 0 Å². The van der Waals surface area contributed by atoms with Crippen molar-refractivity contribution in [2.75, 3.05) is 13.6 Å². The van der Waals surface area contributed by atoms with E-state index in [-0.39, 0.29) is 16.9 Å². The van der Waals surface area contributed by atoms with Gasteiger partial charge in [-0.3, -0.25) is 4.79 Å². The molecule has 1 heterocycles. The van der Waals surface area contributed by atoms with Gasteiger partial charge in [-0.15, -0.1) is 0 Å². The molecule has 130 valence electrons. The molecule has 0 saturated heterocycles. The van der Waals surface area contributed by atoms with Crippen molar-refractivity contribution in [2.24, 2.45) is 0 Å². The Morgan fingerprint density at radius 1 is 1.12 bits per heavy atom. The molecular weight excluding hydrogens is 351 g/mol. The maximum atomic E-state index is 13.0. The lowest BCUT2D eigenvalue weighted by atomic mass is 9.85. The number of halogens is 4. The number of nitrogens with zero attached hydrogens (tertiary/aromatic N) is 1. The second kappa shape index (κ2) is 6.56. The maximum absolute atomic E-state index is 13.0. The Labute approximate surface area is 148 Å². The third kappa shape index (κ3) is 3.56. The molecule has 2 aromatic carbocycles. The molecule has 1 aliphatic heterocycles. The van der Waals surface area contributed by atoms with Gasteiger partial charge in [0, 0.05) is 30.4 Å². The highest BCUT2D eigenvalue weighted by molar-refractivity contribution is 6.32. The topological polar surface area (TPSA) is 20.3 Å². The van der Waals surface area contributed by atoms with Gasteiger partial charge in [-0.1, -0.05) is 41.9 Å². The fourth-order valence-corrected chi connectivity index (χ4v) is 3.24. The van der Waals surface area contributed by atoms with Gasteiger partial charge in [0.25, 0.3) is 0 Å². The van der Waals surface area contributed by atoms with Crippen LogP contribution in [0.25, 0.3) is 5.57 Å². The molecule has 0 fully saturated rings. The number of carbonyl (C=O) groups excluding carboxylic acids is 1. The molecule has 0 spiro atoms. The highest BCUT2D eigenvalue weighted by Crippen LogP contribution is 2.36. The summed E-state index contributed by atoms with van der Waals surface area (Å²) < 4.78 is 38.9. The molecule has 1 atom stereocenters. The fourth-order valence-electron chi connectivity index (χ4n) is 2.97. The average molecular weight is 366 g/mol. The number of carbonyl (C=O) groups is 1. The van der Waals surface area contributed by atoms with Crippen molar-refractivity contribution in [2.45, 2.75) is 12.1 Å². The number of allylic oxidation sites excluding steroid dienone is 1. The summed E-state index contributed by atoms with van der Waals surface area (Å²) in [5.41, 5.74) is 0.410. The van der Waals surface area contributed by atoms with Crippen molar-refractivity contribution in [3.8, 4) is 0 Å². The smallest absolute Gasteiger partial charge is 0.379 e. The van der Waals surface area contributed by atoms with E-state index in [0.717, 1.165) is 12.1 Å². The highest BCUT2D eigenvalue weighted by atomic mass is 35.5. The van der Waals surface area contributed by atoms with E-state index in [2.05, 4.69) is 0 Å². The van der Waals surface area contributed by atoms with Crippen molar-refractivity contribution in [3.63, 3.8) is 0 Å². The van der Waals surface area contributed by atoms with Gasteiger partial charge in [0.15, 0.2) is 5.78 Å². The second-order valence-electron chi connectivity index (χ2n) is 6.00. The van der Waals surface area contributed by atoms with E-state index in [4.69, 9.17) is 11.6 Å². The minimum Gasteiger partial charge on any atom is -0.379 e. The van der Waals surface area contributed by atoms with Crippen LogP contribution in [-0.2, 0) is 11.0 Å². The highest BCUT2D eigenvalue weighted by Gasteiger charge is 2.34. The maximum Gasteiger partial charge on any atom is 0.416 e. The number of likely N-dealkylation sites (N-methyl/N-ethyl adjacent to an activating group) is 1. The zero-order valence-electron chi connectivity index (χ0n) is 13.3. The molecule has 2 nitrogen and oxygen atoms in total. The lowest BCUT2D eigenvalue weighted by Crippen LogP contribution is -2.32. The molecule has 0 aliphatic carbocycles. The van der Waals surface area contributed by atoms with Gasteiger partial charge in [-0.25, -0.2) is 0 Å². The zero-order valence-corrected chi connectivity index (χ0v) is 14.1. The van der Waals surface area contributed by atoms with Crippen molar-refractivity contribution >= 4 is 23.0 Å². The summed E-state index contributed by atoms with van der Waals surface area (Å²) in [6, 6.07) is 11.9. The molecule has 0 amide bonds. The fraction of sp³-hybridized carbons (Fsp3) is 0.211. The minimum atomic E-state index is -4.46. The zero-order chi connectivity index (χ0) is 18.2. The lowest BCUT2D eigenvalue weighted by Gasteiger charge is -2.30. The number of rotatable bonds is 2. The molecule has 0 radical (unpaired) electrons. The van der Waals surface area contributed by atoms with Gasteiger partial charge >= 0.3 is 6.18 Å². The monoisotopic (exact) mass is 365 g/mol. The van der Waals surface area contributed by atoms with Crippen LogP contribution in [0.15, 0.2) is 54.7 Å². The van der Waals surface area contributed by atoms with E-state index in [0.29, 0.717) is 17.1 Å². The molecule has 0 bridgehead atoms. The van der Waals surface area contributed by atoms with Gasteiger partial charge < -0.3 is 4.90 Å². The minimum absolute atomic E-state index is 0.231. The first-order chi connectivity index (χ1) is 11.8. The van der Waals surface area contributed by atoms with Crippen LogP contribution in [0, 0.1) is 0 Å². The van der Waals surface area contributed by atoms with E-state index in [1.165, 1.54) is 12.1 Å². The second-order valence-corrected chi connectivity index (χ2v) is 6.41. The SMILES string of the molecule is CN1C=C(c2cccc(C(F)(F)F)c2)C(=O)C(c2ccccc2Cl)C1. The molecular formula is C19H15ClF3NO. The molecule has 3 rings (SSSR count). The van der Waals surface area contributed by atoms with Crippen LogP contribution in [0.5, 0.6) is 0 Å². The molecule has 0 saturated carbocycles. The Bertz CT molecular complexity index is 845. The van der Waals surface area contributed by atoms with E-state index in [1.807, 2.05) is 0 Å². The summed E-state index contributed by atoms with van der Waals surface area (Å²) in [5, 5.41) is 0.472.